The van der Waals surface area contributed by atoms with Crippen molar-refractivity contribution >= 4 is 0 Å². The highest BCUT2D eigenvalue weighted by molar-refractivity contribution is 5.47. The van der Waals surface area contributed by atoms with Gasteiger partial charge in [0.25, 0.3) is 0 Å². The number of hydrogen-bond donors (Lipinski definition) is 0. The summed E-state index contributed by atoms with van der Waals surface area (Å²) >= 11 is 0. The Kier molecular flexibility index (Phi) is 7.79. The van der Waals surface area contributed by atoms with Gasteiger partial charge in [-0.05, 0) is 53.7 Å². The van der Waals surface area contributed by atoms with Gasteiger partial charge in [0.15, 0.2) is 0 Å². The van der Waals surface area contributed by atoms with E-state index in [1.165, 1.54) is 62.5 Å². The largest absolute Gasteiger partial charge is 0.0989 e. The zero-order chi connectivity index (χ0) is 18.4. The lowest BCUT2D eigenvalue weighted by Gasteiger charge is -2.17. The second-order valence-electron chi connectivity index (χ2n) is 8.42. The van der Waals surface area contributed by atoms with Crippen molar-refractivity contribution in [2.45, 2.75) is 97.8 Å². The number of unbranched alkanes of at least 4 members (excludes halogenated alkanes) is 3. The fraction of sp³-hybridized carbons (Fsp3) is 0.680. The van der Waals surface area contributed by atoms with Crippen molar-refractivity contribution in [1.29, 1.82) is 0 Å². The lowest BCUT2D eigenvalue weighted by molar-refractivity contribution is 0.465. The van der Waals surface area contributed by atoms with Crippen molar-refractivity contribution in [3.05, 3.63) is 47.0 Å². The third kappa shape index (κ3) is 4.99. The van der Waals surface area contributed by atoms with E-state index in [-0.39, 0.29) is 0 Å². The van der Waals surface area contributed by atoms with Gasteiger partial charge < -0.3 is 0 Å². The molecule has 1 aliphatic rings. The molecule has 1 fully saturated rings. The van der Waals surface area contributed by atoms with Crippen LogP contribution >= 0.6 is 0 Å². The van der Waals surface area contributed by atoms with Gasteiger partial charge >= 0.3 is 0 Å². The van der Waals surface area contributed by atoms with Gasteiger partial charge in [0.1, 0.15) is 0 Å². The predicted molar refractivity (Wildman–Crippen MR) is 112 cm³/mol. The quantitative estimate of drug-likeness (QED) is 0.282. The molecule has 0 heterocycles. The maximum Gasteiger partial charge on any atom is 0.0117 e. The van der Waals surface area contributed by atoms with Crippen LogP contribution in [0.15, 0.2) is 30.4 Å². The van der Waals surface area contributed by atoms with E-state index in [4.69, 9.17) is 0 Å². The molecule has 1 saturated carbocycles. The van der Waals surface area contributed by atoms with E-state index in [2.05, 4.69) is 59.4 Å². The molecule has 0 saturated heterocycles. The molecule has 1 aliphatic carbocycles. The summed E-state index contributed by atoms with van der Waals surface area (Å²) in [6, 6.07) is 7.39. The number of aryl methyl sites for hydroxylation is 1. The first-order valence-electron chi connectivity index (χ1n) is 10.9. The van der Waals surface area contributed by atoms with E-state index < -0.39 is 0 Å². The summed E-state index contributed by atoms with van der Waals surface area (Å²) in [6.07, 6.45) is 10.5. The smallest absolute Gasteiger partial charge is 0.0117 e. The molecule has 0 radical (unpaired) electrons. The van der Waals surface area contributed by atoms with Crippen LogP contribution in [0, 0.1) is 11.8 Å². The van der Waals surface area contributed by atoms with E-state index in [9.17, 15) is 0 Å². The molecular weight excluding hydrogens is 300 g/mol. The van der Waals surface area contributed by atoms with Gasteiger partial charge in [-0.3, -0.25) is 0 Å². The topological polar surface area (TPSA) is 0 Å². The first-order valence-corrected chi connectivity index (χ1v) is 10.9. The number of rotatable bonds is 11. The van der Waals surface area contributed by atoms with Gasteiger partial charge in [-0.2, -0.15) is 0 Å². The van der Waals surface area contributed by atoms with Crippen LogP contribution in [-0.4, -0.2) is 0 Å². The molecule has 0 bridgehead atoms. The minimum Gasteiger partial charge on any atom is -0.0989 e. The summed E-state index contributed by atoms with van der Waals surface area (Å²) < 4.78 is 0. The van der Waals surface area contributed by atoms with Crippen molar-refractivity contribution in [3.63, 3.8) is 0 Å². The molecule has 4 atom stereocenters. The predicted octanol–water partition coefficient (Wildman–Crippen LogP) is 8.03. The van der Waals surface area contributed by atoms with Crippen LogP contribution in [-0.2, 0) is 6.42 Å². The Balaban J connectivity index is 2.16. The molecular formula is C25H40. The number of allylic oxidation sites excluding steroid dienone is 1. The van der Waals surface area contributed by atoms with Crippen molar-refractivity contribution < 1.29 is 0 Å². The average molecular weight is 341 g/mol. The Bertz CT molecular complexity index is 553. The molecule has 4 unspecified atom stereocenters. The second-order valence-corrected chi connectivity index (χ2v) is 8.42. The molecule has 0 amide bonds. The molecule has 1 aromatic carbocycles. The van der Waals surface area contributed by atoms with Crippen molar-refractivity contribution in [1.82, 2.24) is 0 Å². The molecule has 0 nitrogen and oxygen atoms in total. The van der Waals surface area contributed by atoms with Crippen LogP contribution in [0.2, 0.25) is 0 Å². The minimum atomic E-state index is 0.627. The van der Waals surface area contributed by atoms with Crippen LogP contribution in [0.4, 0.5) is 0 Å². The Morgan fingerprint density at radius 2 is 1.76 bits per heavy atom. The lowest BCUT2D eigenvalue weighted by Crippen LogP contribution is -2.02. The van der Waals surface area contributed by atoms with Gasteiger partial charge in [-0.1, -0.05) is 97.1 Å². The fourth-order valence-corrected chi connectivity index (χ4v) is 4.57. The molecule has 0 heteroatoms. The maximum atomic E-state index is 4.40. The lowest BCUT2D eigenvalue weighted by atomic mass is 9.88. The Morgan fingerprint density at radius 3 is 2.40 bits per heavy atom. The third-order valence-electron chi connectivity index (χ3n) is 6.40. The Morgan fingerprint density at radius 1 is 1.00 bits per heavy atom. The zero-order valence-corrected chi connectivity index (χ0v) is 17.4. The van der Waals surface area contributed by atoms with Crippen LogP contribution in [0.25, 0.3) is 0 Å². The third-order valence-corrected chi connectivity index (χ3v) is 6.40. The van der Waals surface area contributed by atoms with Gasteiger partial charge in [-0.25, -0.2) is 0 Å². The monoisotopic (exact) mass is 340 g/mol. The van der Waals surface area contributed by atoms with Crippen LogP contribution < -0.4 is 0 Å². The normalized spacial score (nSPS) is 22.0. The summed E-state index contributed by atoms with van der Waals surface area (Å²) in [6.45, 7) is 16.1. The molecule has 25 heavy (non-hydrogen) atoms. The standard InChI is InChI=1S/C25H40/c1-7-10-11-12-14-21-17-22(15-16-23(21)18(4)9-3)25-20(6)24(25)19(5)13-8-2/h15-19,24-25H,6-14H2,1-5H3. The summed E-state index contributed by atoms with van der Waals surface area (Å²) in [5.74, 6) is 2.81. The minimum absolute atomic E-state index is 0.627. The summed E-state index contributed by atoms with van der Waals surface area (Å²) in [5, 5.41) is 0. The zero-order valence-electron chi connectivity index (χ0n) is 17.4. The average Bonchev–Trinajstić information content (AvgIpc) is 3.29. The maximum absolute atomic E-state index is 4.40. The molecule has 0 N–H and O–H groups in total. The van der Waals surface area contributed by atoms with E-state index >= 15 is 0 Å². The van der Waals surface area contributed by atoms with Crippen molar-refractivity contribution in [3.8, 4) is 0 Å². The molecule has 0 spiro atoms. The fourth-order valence-electron chi connectivity index (χ4n) is 4.57. The highest BCUT2D eigenvalue weighted by atomic mass is 14.5. The number of hydrogen-bond acceptors (Lipinski definition) is 0. The van der Waals surface area contributed by atoms with E-state index in [0.717, 1.165) is 11.8 Å². The number of benzene rings is 1. The van der Waals surface area contributed by atoms with Gasteiger partial charge in [0.2, 0.25) is 0 Å². The van der Waals surface area contributed by atoms with Crippen molar-refractivity contribution in [2.75, 3.05) is 0 Å². The van der Waals surface area contributed by atoms with E-state index in [1.807, 2.05) is 0 Å². The van der Waals surface area contributed by atoms with Crippen LogP contribution in [0.1, 0.15) is 108 Å². The SMILES string of the molecule is C=C1C(c2ccc(C(C)CC)c(CCCCCC)c2)C1C(C)CCC. The molecule has 2 rings (SSSR count). The van der Waals surface area contributed by atoms with Gasteiger partial charge in [-0.15, -0.1) is 0 Å². The highest BCUT2D eigenvalue weighted by Gasteiger charge is 2.46. The van der Waals surface area contributed by atoms with Crippen LogP contribution in [0.5, 0.6) is 0 Å². The first-order chi connectivity index (χ1) is 12.0. The Hall–Kier alpha value is -1.04. The molecule has 140 valence electrons. The van der Waals surface area contributed by atoms with E-state index in [0.29, 0.717) is 11.8 Å². The van der Waals surface area contributed by atoms with E-state index in [1.54, 1.807) is 11.1 Å². The Labute approximate surface area is 157 Å². The molecule has 0 aliphatic heterocycles. The summed E-state index contributed by atoms with van der Waals surface area (Å²) in [4.78, 5) is 0. The van der Waals surface area contributed by atoms with Crippen LogP contribution in [0.3, 0.4) is 0 Å². The second kappa shape index (κ2) is 9.60. The molecule has 1 aromatic rings. The molecule has 0 aromatic heterocycles. The summed E-state index contributed by atoms with van der Waals surface area (Å²) in [7, 11) is 0. The first kappa shape index (κ1) is 20.3. The van der Waals surface area contributed by atoms with Crippen molar-refractivity contribution in [2.24, 2.45) is 11.8 Å². The van der Waals surface area contributed by atoms with Gasteiger partial charge in [0.05, 0.1) is 0 Å². The highest BCUT2D eigenvalue weighted by Crippen LogP contribution is 2.57. The summed E-state index contributed by atoms with van der Waals surface area (Å²) in [5.41, 5.74) is 6.22. The van der Waals surface area contributed by atoms with Gasteiger partial charge in [0, 0.05) is 5.92 Å².